The van der Waals surface area contributed by atoms with E-state index in [9.17, 15) is 8.42 Å². The van der Waals surface area contributed by atoms with Crippen LogP contribution in [0.25, 0.3) is 0 Å². The van der Waals surface area contributed by atoms with E-state index in [1.165, 1.54) is 6.26 Å². The van der Waals surface area contributed by atoms with Crippen LogP contribution in [0, 0.1) is 0 Å². The number of hydrogen-bond donors (Lipinski definition) is 2. The number of aliphatic imine (C=N–C) groups is 1. The van der Waals surface area contributed by atoms with Gasteiger partial charge in [-0.25, -0.2) is 8.42 Å². The van der Waals surface area contributed by atoms with Crippen molar-refractivity contribution in [3.63, 3.8) is 0 Å². The van der Waals surface area contributed by atoms with Gasteiger partial charge in [-0.05, 0) is 38.0 Å². The molecule has 1 rings (SSSR count). The third-order valence-electron chi connectivity index (χ3n) is 2.71. The fourth-order valence-corrected chi connectivity index (χ4v) is 2.33. The Labute approximate surface area is 144 Å². The van der Waals surface area contributed by atoms with Crippen LogP contribution in [0.5, 0.6) is 0 Å². The Kier molecular flexibility index (Phi) is 8.88. The molecule has 0 aliphatic heterocycles. The first-order chi connectivity index (χ1) is 9.32. The van der Waals surface area contributed by atoms with Gasteiger partial charge >= 0.3 is 0 Å². The van der Waals surface area contributed by atoms with Gasteiger partial charge in [0.15, 0.2) is 15.8 Å². The van der Waals surface area contributed by atoms with Gasteiger partial charge in [-0.1, -0.05) is 12.1 Å². The van der Waals surface area contributed by atoms with Crippen molar-refractivity contribution >= 4 is 39.8 Å². The van der Waals surface area contributed by atoms with Crippen LogP contribution in [0.15, 0.2) is 34.2 Å². The van der Waals surface area contributed by atoms with Crippen LogP contribution in [-0.4, -0.2) is 40.3 Å². The molecule has 0 aliphatic carbocycles. The summed E-state index contributed by atoms with van der Waals surface area (Å²) in [7, 11) is -1.38. The summed E-state index contributed by atoms with van der Waals surface area (Å²) in [5, 5.41) is 6.42. The predicted octanol–water partition coefficient (Wildman–Crippen LogP) is 1.82. The monoisotopic (exact) mass is 425 g/mol. The quantitative estimate of drug-likeness (QED) is 0.429. The van der Waals surface area contributed by atoms with E-state index in [1.54, 1.807) is 19.2 Å². The predicted molar refractivity (Wildman–Crippen MR) is 98.3 cm³/mol. The number of nitrogens with one attached hydrogen (secondary N) is 2. The standard InChI is InChI=1S/C14H23N3O2S.HI/c1-11(2)17-14(15-3)16-10-9-12-5-7-13(8-6-12)20(4,18)19;/h5-8,11H,9-10H2,1-4H3,(H2,15,16,17);1H. The molecule has 7 heteroatoms. The highest BCUT2D eigenvalue weighted by Crippen LogP contribution is 2.10. The van der Waals surface area contributed by atoms with E-state index in [1.807, 2.05) is 12.1 Å². The number of nitrogens with zero attached hydrogens (tertiary/aromatic N) is 1. The Morgan fingerprint density at radius 3 is 2.24 bits per heavy atom. The van der Waals surface area contributed by atoms with E-state index in [2.05, 4.69) is 29.5 Å². The van der Waals surface area contributed by atoms with Crippen molar-refractivity contribution in [3.8, 4) is 0 Å². The zero-order valence-electron chi connectivity index (χ0n) is 12.9. The second-order valence-electron chi connectivity index (χ2n) is 4.96. The number of hydrogen-bond acceptors (Lipinski definition) is 3. The minimum Gasteiger partial charge on any atom is -0.356 e. The highest BCUT2D eigenvalue weighted by molar-refractivity contribution is 14.0. The topological polar surface area (TPSA) is 70.6 Å². The van der Waals surface area contributed by atoms with Crippen LogP contribution in [0.2, 0.25) is 0 Å². The van der Waals surface area contributed by atoms with Crippen molar-refractivity contribution in [2.24, 2.45) is 4.99 Å². The molecule has 5 nitrogen and oxygen atoms in total. The smallest absolute Gasteiger partial charge is 0.191 e. The maximum Gasteiger partial charge on any atom is 0.191 e. The average Bonchev–Trinajstić information content (AvgIpc) is 2.36. The normalized spacial score (nSPS) is 12.0. The molecule has 0 heterocycles. The lowest BCUT2D eigenvalue weighted by Gasteiger charge is -2.14. The van der Waals surface area contributed by atoms with Gasteiger partial charge in [-0.3, -0.25) is 4.99 Å². The first-order valence-electron chi connectivity index (χ1n) is 6.59. The molecule has 0 unspecified atom stereocenters. The molecule has 0 aliphatic rings. The molecule has 0 radical (unpaired) electrons. The summed E-state index contributed by atoms with van der Waals surface area (Å²) in [6.45, 7) is 4.85. The largest absolute Gasteiger partial charge is 0.356 e. The minimum absolute atomic E-state index is 0. The van der Waals surface area contributed by atoms with Crippen molar-refractivity contribution in [1.29, 1.82) is 0 Å². The van der Waals surface area contributed by atoms with Crippen LogP contribution in [-0.2, 0) is 16.3 Å². The van der Waals surface area contributed by atoms with Gasteiger partial charge in [-0.2, -0.15) is 0 Å². The lowest BCUT2D eigenvalue weighted by atomic mass is 10.1. The number of halogens is 1. The molecule has 21 heavy (non-hydrogen) atoms. The molecule has 0 aromatic heterocycles. The third-order valence-corrected chi connectivity index (χ3v) is 3.84. The fraction of sp³-hybridized carbons (Fsp3) is 0.500. The van der Waals surface area contributed by atoms with Gasteiger partial charge < -0.3 is 10.6 Å². The highest BCUT2D eigenvalue weighted by Gasteiger charge is 2.06. The molecule has 0 saturated carbocycles. The summed E-state index contributed by atoms with van der Waals surface area (Å²) in [6, 6.07) is 7.31. The molecular weight excluding hydrogens is 401 g/mol. The maximum atomic E-state index is 11.4. The van der Waals surface area contributed by atoms with E-state index >= 15 is 0 Å². The van der Waals surface area contributed by atoms with Crippen LogP contribution in [0.3, 0.4) is 0 Å². The van der Waals surface area contributed by atoms with Crippen molar-refractivity contribution in [2.75, 3.05) is 19.8 Å². The highest BCUT2D eigenvalue weighted by atomic mass is 127. The van der Waals surface area contributed by atoms with Crippen LogP contribution < -0.4 is 10.6 Å². The summed E-state index contributed by atoms with van der Waals surface area (Å²) in [5.41, 5.74) is 1.09. The molecule has 0 spiro atoms. The summed E-state index contributed by atoms with van der Waals surface area (Å²) in [5.74, 6) is 0.771. The molecule has 0 atom stereocenters. The van der Waals surface area contributed by atoms with Gasteiger partial charge in [0.2, 0.25) is 0 Å². The summed E-state index contributed by atoms with van der Waals surface area (Å²) in [4.78, 5) is 4.47. The second kappa shape index (κ2) is 9.24. The number of sulfone groups is 1. The molecule has 1 aromatic carbocycles. The van der Waals surface area contributed by atoms with Crippen molar-refractivity contribution in [1.82, 2.24) is 10.6 Å². The zero-order valence-corrected chi connectivity index (χ0v) is 16.0. The van der Waals surface area contributed by atoms with Gasteiger partial charge in [0.1, 0.15) is 0 Å². The molecule has 0 bridgehead atoms. The van der Waals surface area contributed by atoms with E-state index in [0.717, 1.165) is 24.5 Å². The van der Waals surface area contributed by atoms with Gasteiger partial charge in [0.25, 0.3) is 0 Å². The Bertz CT molecular complexity index is 554. The minimum atomic E-state index is -3.12. The number of rotatable bonds is 5. The molecule has 0 saturated heterocycles. The fourth-order valence-electron chi connectivity index (χ4n) is 1.70. The van der Waals surface area contributed by atoms with Crippen molar-refractivity contribution in [2.45, 2.75) is 31.2 Å². The van der Waals surface area contributed by atoms with Crippen LogP contribution >= 0.6 is 24.0 Å². The Morgan fingerprint density at radius 1 is 1.24 bits per heavy atom. The second-order valence-corrected chi connectivity index (χ2v) is 6.98. The van der Waals surface area contributed by atoms with E-state index in [0.29, 0.717) is 10.9 Å². The summed E-state index contributed by atoms with van der Waals surface area (Å²) in [6.07, 6.45) is 2.02. The van der Waals surface area contributed by atoms with Gasteiger partial charge in [0, 0.05) is 25.9 Å². The Balaban J connectivity index is 0.00000400. The summed E-state index contributed by atoms with van der Waals surface area (Å²) < 4.78 is 22.7. The van der Waals surface area contributed by atoms with E-state index in [-0.39, 0.29) is 24.0 Å². The summed E-state index contributed by atoms with van der Waals surface area (Å²) >= 11 is 0. The zero-order chi connectivity index (χ0) is 15.2. The lowest BCUT2D eigenvalue weighted by Crippen LogP contribution is -2.41. The molecule has 0 fully saturated rings. The average molecular weight is 425 g/mol. The van der Waals surface area contributed by atoms with Gasteiger partial charge in [0.05, 0.1) is 4.90 Å². The van der Waals surface area contributed by atoms with Crippen LogP contribution in [0.1, 0.15) is 19.4 Å². The van der Waals surface area contributed by atoms with E-state index < -0.39 is 9.84 Å². The first kappa shape index (κ1) is 20.2. The lowest BCUT2D eigenvalue weighted by molar-refractivity contribution is 0.602. The number of benzene rings is 1. The molecule has 2 N–H and O–H groups in total. The van der Waals surface area contributed by atoms with E-state index in [4.69, 9.17) is 0 Å². The molecule has 120 valence electrons. The molecule has 1 aromatic rings. The van der Waals surface area contributed by atoms with Crippen molar-refractivity contribution in [3.05, 3.63) is 29.8 Å². The molecular formula is C14H24IN3O2S. The number of guanidine groups is 1. The van der Waals surface area contributed by atoms with Crippen LogP contribution in [0.4, 0.5) is 0 Å². The SMILES string of the molecule is CN=C(NCCc1ccc(S(C)(=O)=O)cc1)NC(C)C.I. The Morgan fingerprint density at radius 2 is 1.81 bits per heavy atom. The van der Waals surface area contributed by atoms with Gasteiger partial charge in [-0.15, -0.1) is 24.0 Å². The molecule has 0 amide bonds. The maximum absolute atomic E-state index is 11.4. The third kappa shape index (κ3) is 7.66. The van der Waals surface area contributed by atoms with Crippen molar-refractivity contribution < 1.29 is 8.42 Å². The Hall–Kier alpha value is -0.830. The first-order valence-corrected chi connectivity index (χ1v) is 8.48.